The molecule has 1 aromatic carbocycles. The van der Waals surface area contributed by atoms with Gasteiger partial charge in [-0.15, -0.1) is 0 Å². The van der Waals surface area contributed by atoms with Crippen LogP contribution in [0.25, 0.3) is 0 Å². The molecule has 0 radical (unpaired) electrons. The van der Waals surface area contributed by atoms with Crippen molar-refractivity contribution in [3.05, 3.63) is 29.3 Å². The first kappa shape index (κ1) is 10.5. The van der Waals surface area contributed by atoms with Crippen LogP contribution in [-0.4, -0.2) is 6.61 Å². The maximum absolute atomic E-state index is 13.0. The molecule has 0 spiro atoms. The summed E-state index contributed by atoms with van der Waals surface area (Å²) in [6, 6.07) is 3.46. The SMILES string of the molecule is CCCOc1cc(F)c(C#N)c(F)c1. The molecule has 0 atom stereocenters. The van der Waals surface area contributed by atoms with E-state index >= 15 is 0 Å². The molecule has 0 amide bonds. The molecular weight excluding hydrogens is 188 g/mol. The van der Waals surface area contributed by atoms with Crippen LogP contribution in [-0.2, 0) is 0 Å². The van der Waals surface area contributed by atoms with Gasteiger partial charge in [-0.05, 0) is 6.42 Å². The van der Waals surface area contributed by atoms with E-state index in [1.165, 1.54) is 6.07 Å². The van der Waals surface area contributed by atoms with E-state index in [-0.39, 0.29) is 5.75 Å². The van der Waals surface area contributed by atoms with Gasteiger partial charge < -0.3 is 4.74 Å². The average Bonchev–Trinajstić information content (AvgIpc) is 2.14. The zero-order valence-electron chi connectivity index (χ0n) is 7.68. The molecule has 1 rings (SSSR count). The standard InChI is InChI=1S/C10H9F2NO/c1-2-3-14-7-4-9(11)8(6-13)10(12)5-7/h4-5H,2-3H2,1H3. The Labute approximate surface area is 80.7 Å². The maximum Gasteiger partial charge on any atom is 0.147 e. The number of benzene rings is 1. The molecular formula is C10H9F2NO. The van der Waals surface area contributed by atoms with Crippen molar-refractivity contribution >= 4 is 0 Å². The van der Waals surface area contributed by atoms with E-state index in [0.717, 1.165) is 18.6 Å². The number of rotatable bonds is 3. The minimum Gasteiger partial charge on any atom is -0.493 e. The number of ether oxygens (including phenoxy) is 1. The first-order valence-corrected chi connectivity index (χ1v) is 4.21. The Balaban J connectivity index is 2.97. The minimum absolute atomic E-state index is 0.112. The minimum atomic E-state index is -0.890. The predicted molar refractivity (Wildman–Crippen MR) is 46.9 cm³/mol. The molecule has 74 valence electrons. The zero-order valence-corrected chi connectivity index (χ0v) is 7.68. The molecule has 0 saturated carbocycles. The van der Waals surface area contributed by atoms with E-state index in [2.05, 4.69) is 0 Å². The third-order valence-electron chi connectivity index (χ3n) is 1.60. The van der Waals surface area contributed by atoms with Crippen molar-refractivity contribution in [1.82, 2.24) is 0 Å². The fraction of sp³-hybridized carbons (Fsp3) is 0.300. The highest BCUT2D eigenvalue weighted by Gasteiger charge is 2.10. The summed E-state index contributed by atoms with van der Waals surface area (Å²) in [7, 11) is 0. The van der Waals surface area contributed by atoms with Crippen molar-refractivity contribution in [2.45, 2.75) is 13.3 Å². The summed E-state index contributed by atoms with van der Waals surface area (Å²) < 4.78 is 31.0. The topological polar surface area (TPSA) is 33.0 Å². The number of halogens is 2. The molecule has 0 heterocycles. The van der Waals surface area contributed by atoms with E-state index in [1.54, 1.807) is 0 Å². The Morgan fingerprint density at radius 3 is 2.36 bits per heavy atom. The molecule has 0 fully saturated rings. The van der Waals surface area contributed by atoms with Gasteiger partial charge in [0.2, 0.25) is 0 Å². The lowest BCUT2D eigenvalue weighted by atomic mass is 10.2. The summed E-state index contributed by atoms with van der Waals surface area (Å²) in [6.07, 6.45) is 0.753. The summed E-state index contributed by atoms with van der Waals surface area (Å²) in [5.74, 6) is -1.67. The Morgan fingerprint density at radius 1 is 1.36 bits per heavy atom. The first-order valence-electron chi connectivity index (χ1n) is 4.21. The number of hydrogen-bond acceptors (Lipinski definition) is 2. The highest BCUT2D eigenvalue weighted by Crippen LogP contribution is 2.19. The summed E-state index contributed by atoms with van der Waals surface area (Å²) in [5, 5.41) is 8.40. The Bertz CT molecular complexity index is 348. The summed E-state index contributed by atoms with van der Waals surface area (Å²) >= 11 is 0. The van der Waals surface area contributed by atoms with Gasteiger partial charge in [-0.2, -0.15) is 5.26 Å². The van der Waals surface area contributed by atoms with Gasteiger partial charge in [0.1, 0.15) is 29.0 Å². The second kappa shape index (κ2) is 4.56. The van der Waals surface area contributed by atoms with Gasteiger partial charge in [-0.25, -0.2) is 8.78 Å². The predicted octanol–water partition coefficient (Wildman–Crippen LogP) is 2.63. The molecule has 14 heavy (non-hydrogen) atoms. The highest BCUT2D eigenvalue weighted by molar-refractivity contribution is 5.37. The molecule has 0 saturated heterocycles. The van der Waals surface area contributed by atoms with Crippen LogP contribution in [0.3, 0.4) is 0 Å². The third-order valence-corrected chi connectivity index (χ3v) is 1.60. The second-order valence-electron chi connectivity index (χ2n) is 2.72. The lowest BCUT2D eigenvalue weighted by Crippen LogP contribution is -1.98. The molecule has 4 heteroatoms. The van der Waals surface area contributed by atoms with Gasteiger partial charge >= 0.3 is 0 Å². The van der Waals surface area contributed by atoms with E-state index in [1.807, 2.05) is 6.92 Å². The van der Waals surface area contributed by atoms with Gasteiger partial charge in [0.05, 0.1) is 6.61 Å². The fourth-order valence-corrected chi connectivity index (χ4v) is 0.960. The van der Waals surface area contributed by atoms with Gasteiger partial charge in [0.25, 0.3) is 0 Å². The molecule has 0 aliphatic carbocycles. The zero-order chi connectivity index (χ0) is 10.6. The van der Waals surface area contributed by atoms with Crippen molar-refractivity contribution in [1.29, 1.82) is 5.26 Å². The smallest absolute Gasteiger partial charge is 0.147 e. The van der Waals surface area contributed by atoms with Crippen LogP contribution in [0.5, 0.6) is 5.75 Å². The molecule has 0 unspecified atom stereocenters. The van der Waals surface area contributed by atoms with Crippen LogP contribution in [0, 0.1) is 23.0 Å². The van der Waals surface area contributed by atoms with E-state index in [9.17, 15) is 8.78 Å². The maximum atomic E-state index is 13.0. The summed E-state index contributed by atoms with van der Waals surface area (Å²) in [4.78, 5) is 0. The lowest BCUT2D eigenvalue weighted by molar-refractivity contribution is 0.313. The van der Waals surface area contributed by atoms with Gasteiger partial charge in [0.15, 0.2) is 0 Å². The van der Waals surface area contributed by atoms with E-state index in [0.29, 0.717) is 6.61 Å². The highest BCUT2D eigenvalue weighted by atomic mass is 19.1. The monoisotopic (exact) mass is 197 g/mol. The molecule has 1 aromatic rings. The largest absolute Gasteiger partial charge is 0.493 e. The van der Waals surface area contributed by atoms with Gasteiger partial charge in [-0.3, -0.25) is 0 Å². The van der Waals surface area contributed by atoms with Crippen molar-refractivity contribution in [2.75, 3.05) is 6.61 Å². The Hall–Kier alpha value is -1.63. The molecule has 0 aliphatic rings. The van der Waals surface area contributed by atoms with Crippen LogP contribution in [0.1, 0.15) is 18.9 Å². The van der Waals surface area contributed by atoms with Crippen LogP contribution >= 0.6 is 0 Å². The second-order valence-corrected chi connectivity index (χ2v) is 2.72. The van der Waals surface area contributed by atoms with Crippen molar-refractivity contribution in [3.8, 4) is 11.8 Å². The molecule has 0 N–H and O–H groups in total. The summed E-state index contributed by atoms with van der Waals surface area (Å²) in [5.41, 5.74) is -0.575. The molecule has 0 bridgehead atoms. The van der Waals surface area contributed by atoms with E-state index in [4.69, 9.17) is 10.00 Å². The van der Waals surface area contributed by atoms with Crippen LogP contribution < -0.4 is 4.74 Å². The van der Waals surface area contributed by atoms with Crippen LogP contribution in [0.4, 0.5) is 8.78 Å². The van der Waals surface area contributed by atoms with Crippen LogP contribution in [0.2, 0.25) is 0 Å². The number of nitrogens with zero attached hydrogens (tertiary/aromatic N) is 1. The van der Waals surface area contributed by atoms with Gasteiger partial charge in [0, 0.05) is 12.1 Å². The number of hydrogen-bond donors (Lipinski definition) is 0. The quantitative estimate of drug-likeness (QED) is 0.746. The Morgan fingerprint density at radius 2 is 1.93 bits per heavy atom. The van der Waals surface area contributed by atoms with Crippen molar-refractivity contribution in [3.63, 3.8) is 0 Å². The lowest BCUT2D eigenvalue weighted by Gasteiger charge is -2.05. The molecule has 2 nitrogen and oxygen atoms in total. The first-order chi connectivity index (χ1) is 6.69. The summed E-state index contributed by atoms with van der Waals surface area (Å²) in [6.45, 7) is 2.28. The third kappa shape index (κ3) is 2.19. The normalized spacial score (nSPS) is 9.57. The molecule has 0 aliphatic heterocycles. The average molecular weight is 197 g/mol. The molecule has 0 aromatic heterocycles. The van der Waals surface area contributed by atoms with Crippen molar-refractivity contribution in [2.24, 2.45) is 0 Å². The van der Waals surface area contributed by atoms with Gasteiger partial charge in [-0.1, -0.05) is 6.92 Å². The number of nitriles is 1. The fourth-order valence-electron chi connectivity index (χ4n) is 0.960. The van der Waals surface area contributed by atoms with Crippen LogP contribution in [0.15, 0.2) is 12.1 Å². The van der Waals surface area contributed by atoms with Crippen molar-refractivity contribution < 1.29 is 13.5 Å². The Kier molecular flexibility index (Phi) is 3.41. The van der Waals surface area contributed by atoms with E-state index < -0.39 is 17.2 Å².